The third-order valence-electron chi connectivity index (χ3n) is 7.66. The van der Waals surface area contributed by atoms with Crippen molar-refractivity contribution < 1.29 is 23.1 Å². The quantitative estimate of drug-likeness (QED) is 0.241. The van der Waals surface area contributed by atoms with E-state index in [1.807, 2.05) is 6.92 Å². The van der Waals surface area contributed by atoms with Crippen LogP contribution in [0.25, 0.3) is 0 Å². The van der Waals surface area contributed by atoms with E-state index in [4.69, 9.17) is 16.3 Å². The lowest BCUT2D eigenvalue weighted by atomic mass is 9.87. The highest BCUT2D eigenvalue weighted by Crippen LogP contribution is 2.41. The molecule has 228 valence electrons. The summed E-state index contributed by atoms with van der Waals surface area (Å²) in [6.07, 6.45) is 12.8. The van der Waals surface area contributed by atoms with Crippen molar-refractivity contribution in [2.45, 2.75) is 103 Å². The average Bonchev–Trinajstić information content (AvgIpc) is 2.89. The number of ether oxygens (including phenoxy) is 1. The minimum atomic E-state index is -4.35. The van der Waals surface area contributed by atoms with Gasteiger partial charge >= 0.3 is 6.09 Å². The van der Waals surface area contributed by atoms with Crippen molar-refractivity contribution >= 4 is 33.4 Å². The summed E-state index contributed by atoms with van der Waals surface area (Å²) in [6.45, 7) is 12.6. The van der Waals surface area contributed by atoms with Crippen LogP contribution in [0.1, 0.15) is 90.7 Å². The van der Waals surface area contributed by atoms with Crippen LogP contribution in [-0.4, -0.2) is 25.2 Å². The van der Waals surface area contributed by atoms with Gasteiger partial charge in [0.1, 0.15) is 11.4 Å². The Bertz CT molecular complexity index is 1470. The van der Waals surface area contributed by atoms with Gasteiger partial charge in [-0.1, -0.05) is 46.5 Å². The molecule has 1 heterocycles. The Morgan fingerprint density at radius 1 is 1.00 bits per heavy atom. The molecule has 0 saturated carbocycles. The molecule has 0 bridgehead atoms. The number of rotatable bonds is 12. The number of carbonyl (C=O) groups is 1. The second-order valence-electron chi connectivity index (χ2n) is 11.8. The number of amides is 1. The summed E-state index contributed by atoms with van der Waals surface area (Å²) < 4.78 is 33.5. The van der Waals surface area contributed by atoms with E-state index in [-0.39, 0.29) is 16.2 Å². The molecule has 1 amide bonds. The Kier molecular flexibility index (Phi) is 11.5. The van der Waals surface area contributed by atoms with Crippen molar-refractivity contribution in [3.05, 3.63) is 87.5 Å². The molecule has 1 aliphatic heterocycles. The zero-order valence-electron chi connectivity index (χ0n) is 25.7. The van der Waals surface area contributed by atoms with Crippen LogP contribution in [0.5, 0.6) is 5.75 Å². The Hall–Kier alpha value is -3.03. The molecule has 1 aliphatic rings. The number of allylic oxidation sites excluding steroid dienone is 6. The number of anilines is 1. The monoisotopic (exact) mass is 613 g/mol. The Morgan fingerprint density at radius 2 is 1.60 bits per heavy atom. The summed E-state index contributed by atoms with van der Waals surface area (Å²) in [7, 11) is -4.35. The van der Waals surface area contributed by atoms with Crippen LogP contribution in [-0.2, 0) is 16.4 Å². The molecule has 3 rings (SSSR count). The summed E-state index contributed by atoms with van der Waals surface area (Å²) >= 11 is 5.90. The highest BCUT2D eigenvalue weighted by Gasteiger charge is 2.35. The number of hydrogen-bond donors (Lipinski definition) is 1. The largest absolute Gasteiger partial charge is 0.487 e. The molecule has 1 N–H and O–H groups in total. The minimum Gasteiger partial charge on any atom is -0.487 e. The summed E-state index contributed by atoms with van der Waals surface area (Å²) in [5.41, 5.74) is 5.39. The van der Waals surface area contributed by atoms with Crippen LogP contribution < -0.4 is 9.04 Å². The summed E-state index contributed by atoms with van der Waals surface area (Å²) in [6, 6.07) is 8.62. The molecule has 0 spiro atoms. The van der Waals surface area contributed by atoms with Gasteiger partial charge in [0.2, 0.25) is 0 Å². The van der Waals surface area contributed by atoms with Crippen LogP contribution in [0.3, 0.4) is 0 Å². The van der Waals surface area contributed by atoms with Gasteiger partial charge in [0.15, 0.2) is 0 Å². The van der Waals surface area contributed by atoms with Gasteiger partial charge in [0.25, 0.3) is 10.0 Å². The molecule has 2 aromatic rings. The molecule has 1 atom stereocenters. The molecule has 0 aliphatic carbocycles. The van der Waals surface area contributed by atoms with Crippen LogP contribution in [0.15, 0.2) is 76.2 Å². The molecular formula is C34H44ClNO5S. The molecule has 0 aromatic heterocycles. The standard InChI is InChI=1S/C34H44ClNO5S/c1-24(2)10-7-11-25(3)12-8-13-26(4)14-9-20-34(6)21-19-28-23-30(22-27(5)32(28)41-34)36(33(37)38)42(39,40)31-17-15-29(35)16-18-31/h10,12,14-18,22-23H,7-9,11,13,19-21H2,1-6H3,(H,37,38)/t34-/m1/s1. The highest BCUT2D eigenvalue weighted by molar-refractivity contribution is 7.93. The normalized spacial score (nSPS) is 17.3. The minimum absolute atomic E-state index is 0.0701. The number of halogens is 1. The maximum absolute atomic E-state index is 13.3. The predicted octanol–water partition coefficient (Wildman–Crippen LogP) is 9.80. The zero-order valence-corrected chi connectivity index (χ0v) is 27.2. The fraction of sp³-hybridized carbons (Fsp3) is 0.441. The van der Waals surface area contributed by atoms with Gasteiger partial charge < -0.3 is 9.84 Å². The van der Waals surface area contributed by atoms with Crippen LogP contribution in [0.4, 0.5) is 10.5 Å². The first-order chi connectivity index (χ1) is 19.7. The van der Waals surface area contributed by atoms with E-state index >= 15 is 0 Å². The van der Waals surface area contributed by atoms with E-state index in [1.165, 1.54) is 41.0 Å². The number of nitrogens with zero attached hydrogens (tertiary/aromatic N) is 1. The third kappa shape index (κ3) is 8.98. The van der Waals surface area contributed by atoms with Crippen LogP contribution in [0, 0.1) is 6.92 Å². The molecule has 8 heteroatoms. The lowest BCUT2D eigenvalue weighted by molar-refractivity contribution is 0.0563. The van der Waals surface area contributed by atoms with E-state index in [2.05, 4.69) is 52.8 Å². The zero-order chi connectivity index (χ0) is 31.1. The fourth-order valence-corrected chi connectivity index (χ4v) is 6.58. The number of fused-ring (bicyclic) bond motifs is 1. The Balaban J connectivity index is 1.66. The first kappa shape index (κ1) is 33.5. The number of sulfonamides is 1. The maximum atomic E-state index is 13.3. The molecule has 0 unspecified atom stereocenters. The van der Waals surface area contributed by atoms with E-state index in [0.29, 0.717) is 27.1 Å². The molecule has 42 heavy (non-hydrogen) atoms. The topological polar surface area (TPSA) is 83.9 Å². The van der Waals surface area contributed by atoms with Crippen molar-refractivity contribution in [1.29, 1.82) is 0 Å². The van der Waals surface area contributed by atoms with Gasteiger partial charge in [0, 0.05) is 5.02 Å². The van der Waals surface area contributed by atoms with Crippen LogP contribution >= 0.6 is 11.6 Å². The number of aryl methyl sites for hydroxylation is 2. The molecule has 6 nitrogen and oxygen atoms in total. The summed E-state index contributed by atoms with van der Waals surface area (Å²) in [4.78, 5) is 12.0. The van der Waals surface area contributed by atoms with Gasteiger partial charge in [-0.2, -0.15) is 4.31 Å². The molecule has 0 saturated heterocycles. The molecule has 0 radical (unpaired) electrons. The van der Waals surface area contributed by atoms with E-state index in [0.717, 1.165) is 50.5 Å². The van der Waals surface area contributed by atoms with Gasteiger partial charge in [-0.25, -0.2) is 13.2 Å². The van der Waals surface area contributed by atoms with Gasteiger partial charge in [-0.3, -0.25) is 0 Å². The Labute approximate surface area is 256 Å². The van der Waals surface area contributed by atoms with Crippen molar-refractivity contribution in [2.75, 3.05) is 4.31 Å². The van der Waals surface area contributed by atoms with Gasteiger partial charge in [0.05, 0.1) is 10.6 Å². The highest BCUT2D eigenvalue weighted by atomic mass is 35.5. The Morgan fingerprint density at radius 3 is 2.19 bits per heavy atom. The average molecular weight is 614 g/mol. The van der Waals surface area contributed by atoms with Crippen molar-refractivity contribution in [3.8, 4) is 5.75 Å². The SMILES string of the molecule is CC(C)=CCCC(C)=CCCC(C)=CCC[C@]1(C)CCc2cc(N(C(=O)O)S(=O)(=O)c3ccc(Cl)cc3)cc(C)c2O1. The lowest BCUT2D eigenvalue weighted by Gasteiger charge is -2.37. The smallest absolute Gasteiger partial charge is 0.426 e. The van der Waals surface area contributed by atoms with Gasteiger partial charge in [-0.15, -0.1) is 0 Å². The van der Waals surface area contributed by atoms with E-state index in [1.54, 1.807) is 12.1 Å². The summed E-state index contributed by atoms with van der Waals surface area (Å²) in [5.74, 6) is 0.705. The molecular weight excluding hydrogens is 570 g/mol. The number of benzene rings is 2. The number of carboxylic acid groups (broad SMARTS) is 1. The first-order valence-electron chi connectivity index (χ1n) is 14.5. The predicted molar refractivity (Wildman–Crippen MR) is 172 cm³/mol. The molecule has 0 fully saturated rings. The van der Waals surface area contributed by atoms with E-state index in [9.17, 15) is 18.3 Å². The van der Waals surface area contributed by atoms with Crippen LogP contribution in [0.2, 0.25) is 5.02 Å². The number of hydrogen-bond acceptors (Lipinski definition) is 4. The summed E-state index contributed by atoms with van der Waals surface area (Å²) in [5, 5.41) is 10.3. The maximum Gasteiger partial charge on any atom is 0.426 e. The van der Waals surface area contributed by atoms with Crippen molar-refractivity contribution in [2.24, 2.45) is 0 Å². The lowest BCUT2D eigenvalue weighted by Crippen LogP contribution is -2.38. The fourth-order valence-electron chi connectivity index (χ4n) is 5.17. The van der Waals surface area contributed by atoms with Crippen molar-refractivity contribution in [1.82, 2.24) is 0 Å². The van der Waals surface area contributed by atoms with E-state index < -0.39 is 16.1 Å². The van der Waals surface area contributed by atoms with Gasteiger partial charge in [-0.05, 0) is 140 Å². The molecule has 2 aromatic carbocycles. The third-order valence-corrected chi connectivity index (χ3v) is 9.62. The first-order valence-corrected chi connectivity index (χ1v) is 16.3. The van der Waals surface area contributed by atoms with Crippen molar-refractivity contribution in [3.63, 3.8) is 0 Å². The second kappa shape index (κ2) is 14.4. The second-order valence-corrected chi connectivity index (χ2v) is 14.0.